The van der Waals surface area contributed by atoms with E-state index in [1.165, 1.54) is 60.7 Å². The minimum absolute atomic E-state index is 0.0200. The standard InChI is InChI=1S/C26H22O8/c1-2-3-16-32-24(29)20-13-7-9-15-22(20)34-26(31)18-11-5-4-10-17(18)25(30)33-21-14-8-6-12-19(21)23(27)28/h4-15H,2-3,16H2,1H3,(H,27,28). The van der Waals surface area contributed by atoms with E-state index in [1.807, 2.05) is 6.92 Å². The van der Waals surface area contributed by atoms with Crippen molar-refractivity contribution >= 4 is 23.9 Å². The quantitative estimate of drug-likeness (QED) is 0.274. The first-order chi connectivity index (χ1) is 16.4. The van der Waals surface area contributed by atoms with E-state index in [2.05, 4.69) is 0 Å². The van der Waals surface area contributed by atoms with Crippen molar-refractivity contribution in [3.05, 3.63) is 95.1 Å². The summed E-state index contributed by atoms with van der Waals surface area (Å²) in [6.07, 6.45) is 1.56. The molecule has 3 rings (SSSR count). The lowest BCUT2D eigenvalue weighted by molar-refractivity contribution is 0.0492. The van der Waals surface area contributed by atoms with E-state index in [9.17, 15) is 24.3 Å². The third-order valence-electron chi connectivity index (χ3n) is 4.73. The Hall–Kier alpha value is -4.46. The number of unbranched alkanes of at least 4 members (excludes halogenated alkanes) is 1. The predicted molar refractivity (Wildman–Crippen MR) is 121 cm³/mol. The van der Waals surface area contributed by atoms with Crippen LogP contribution in [0.25, 0.3) is 0 Å². The minimum Gasteiger partial charge on any atom is -0.478 e. The van der Waals surface area contributed by atoms with Crippen LogP contribution in [0.1, 0.15) is 61.2 Å². The normalized spacial score (nSPS) is 10.3. The fraction of sp³-hybridized carbons (Fsp3) is 0.154. The number of carboxylic acids is 1. The van der Waals surface area contributed by atoms with Gasteiger partial charge in [-0.1, -0.05) is 49.7 Å². The van der Waals surface area contributed by atoms with Gasteiger partial charge in [-0.3, -0.25) is 0 Å². The highest BCUT2D eigenvalue weighted by Crippen LogP contribution is 2.23. The summed E-state index contributed by atoms with van der Waals surface area (Å²) in [6, 6.07) is 17.5. The average Bonchev–Trinajstić information content (AvgIpc) is 2.84. The van der Waals surface area contributed by atoms with E-state index in [0.29, 0.717) is 6.42 Å². The van der Waals surface area contributed by atoms with E-state index in [1.54, 1.807) is 12.1 Å². The molecule has 174 valence electrons. The number of rotatable bonds is 9. The van der Waals surface area contributed by atoms with Gasteiger partial charge < -0.3 is 19.3 Å². The maximum Gasteiger partial charge on any atom is 0.344 e. The molecule has 0 saturated heterocycles. The number of para-hydroxylation sites is 2. The van der Waals surface area contributed by atoms with Crippen molar-refractivity contribution in [2.24, 2.45) is 0 Å². The van der Waals surface area contributed by atoms with Crippen molar-refractivity contribution in [3.63, 3.8) is 0 Å². The molecule has 0 aliphatic heterocycles. The van der Waals surface area contributed by atoms with Crippen molar-refractivity contribution < 1.29 is 38.5 Å². The van der Waals surface area contributed by atoms with Crippen LogP contribution >= 0.6 is 0 Å². The van der Waals surface area contributed by atoms with Crippen molar-refractivity contribution in [3.8, 4) is 11.5 Å². The average molecular weight is 462 g/mol. The van der Waals surface area contributed by atoms with E-state index < -0.39 is 23.9 Å². The molecule has 8 heteroatoms. The van der Waals surface area contributed by atoms with Gasteiger partial charge in [0.2, 0.25) is 0 Å². The predicted octanol–water partition coefficient (Wildman–Crippen LogP) is 4.78. The summed E-state index contributed by atoms with van der Waals surface area (Å²) in [5, 5.41) is 9.29. The SMILES string of the molecule is CCCCOC(=O)c1ccccc1OC(=O)c1ccccc1C(=O)Oc1ccccc1C(=O)O. The topological polar surface area (TPSA) is 116 Å². The summed E-state index contributed by atoms with van der Waals surface area (Å²) in [4.78, 5) is 49.5. The highest BCUT2D eigenvalue weighted by molar-refractivity contribution is 6.05. The van der Waals surface area contributed by atoms with Crippen LogP contribution in [0.3, 0.4) is 0 Å². The zero-order chi connectivity index (χ0) is 24.5. The molecule has 0 aromatic heterocycles. The summed E-state index contributed by atoms with van der Waals surface area (Å²) < 4.78 is 15.9. The van der Waals surface area contributed by atoms with Crippen LogP contribution in [-0.4, -0.2) is 35.6 Å². The smallest absolute Gasteiger partial charge is 0.344 e. The molecule has 0 aliphatic rings. The Morgan fingerprint density at radius 3 is 1.59 bits per heavy atom. The Morgan fingerprint density at radius 2 is 1.09 bits per heavy atom. The molecule has 0 unspecified atom stereocenters. The second kappa shape index (κ2) is 11.4. The number of hydrogen-bond acceptors (Lipinski definition) is 7. The highest BCUT2D eigenvalue weighted by Gasteiger charge is 2.23. The fourth-order valence-corrected chi connectivity index (χ4v) is 2.99. The third kappa shape index (κ3) is 5.86. The van der Waals surface area contributed by atoms with Crippen LogP contribution in [0.5, 0.6) is 11.5 Å². The van der Waals surface area contributed by atoms with Crippen molar-refractivity contribution in [1.82, 2.24) is 0 Å². The van der Waals surface area contributed by atoms with Gasteiger partial charge in [0.1, 0.15) is 22.6 Å². The first-order valence-electron chi connectivity index (χ1n) is 10.5. The largest absolute Gasteiger partial charge is 0.478 e. The molecule has 3 aromatic carbocycles. The van der Waals surface area contributed by atoms with Gasteiger partial charge in [-0.25, -0.2) is 19.2 Å². The molecule has 0 heterocycles. The first kappa shape index (κ1) is 24.2. The van der Waals surface area contributed by atoms with Crippen LogP contribution in [0, 0.1) is 0 Å². The summed E-state index contributed by atoms with van der Waals surface area (Å²) in [6.45, 7) is 2.20. The Bertz CT molecular complexity index is 1210. The zero-order valence-corrected chi connectivity index (χ0v) is 18.4. The Morgan fingerprint density at radius 1 is 0.647 bits per heavy atom. The molecule has 8 nitrogen and oxygen atoms in total. The first-order valence-corrected chi connectivity index (χ1v) is 10.5. The van der Waals surface area contributed by atoms with Gasteiger partial charge in [-0.05, 0) is 42.8 Å². The zero-order valence-electron chi connectivity index (χ0n) is 18.4. The van der Waals surface area contributed by atoms with E-state index in [4.69, 9.17) is 14.2 Å². The second-order valence-electron chi connectivity index (χ2n) is 7.11. The Labute approximate surface area is 195 Å². The lowest BCUT2D eigenvalue weighted by Crippen LogP contribution is -2.19. The summed E-state index contributed by atoms with van der Waals surface area (Å²) in [5.41, 5.74) is -0.376. The number of hydrogen-bond donors (Lipinski definition) is 1. The summed E-state index contributed by atoms with van der Waals surface area (Å²) in [7, 11) is 0. The molecule has 0 fully saturated rings. The number of carbonyl (C=O) groups excluding carboxylic acids is 3. The number of aromatic carboxylic acids is 1. The van der Waals surface area contributed by atoms with Gasteiger partial charge in [-0.2, -0.15) is 0 Å². The maximum atomic E-state index is 12.9. The molecular formula is C26H22O8. The molecule has 0 saturated carbocycles. The molecule has 0 radical (unpaired) electrons. The maximum absolute atomic E-state index is 12.9. The van der Waals surface area contributed by atoms with Crippen molar-refractivity contribution in [2.45, 2.75) is 19.8 Å². The minimum atomic E-state index is -1.27. The number of benzene rings is 3. The molecule has 0 atom stereocenters. The van der Waals surface area contributed by atoms with Crippen LogP contribution in [0.2, 0.25) is 0 Å². The summed E-state index contributed by atoms with van der Waals surface area (Å²) in [5.74, 6) is -3.91. The van der Waals surface area contributed by atoms with Crippen LogP contribution < -0.4 is 9.47 Å². The molecule has 34 heavy (non-hydrogen) atoms. The third-order valence-corrected chi connectivity index (χ3v) is 4.73. The van der Waals surface area contributed by atoms with Crippen LogP contribution in [0.4, 0.5) is 0 Å². The second-order valence-corrected chi connectivity index (χ2v) is 7.11. The van der Waals surface area contributed by atoms with E-state index in [0.717, 1.165) is 6.42 Å². The van der Waals surface area contributed by atoms with Gasteiger partial charge in [0.25, 0.3) is 0 Å². The number of ether oxygens (including phenoxy) is 3. The Balaban J connectivity index is 1.83. The summed E-state index contributed by atoms with van der Waals surface area (Å²) >= 11 is 0. The van der Waals surface area contributed by atoms with E-state index in [-0.39, 0.29) is 40.4 Å². The molecule has 1 N–H and O–H groups in total. The molecule has 3 aromatic rings. The van der Waals surface area contributed by atoms with Gasteiger partial charge in [0.15, 0.2) is 0 Å². The van der Waals surface area contributed by atoms with Gasteiger partial charge in [-0.15, -0.1) is 0 Å². The van der Waals surface area contributed by atoms with Crippen molar-refractivity contribution in [1.29, 1.82) is 0 Å². The van der Waals surface area contributed by atoms with Gasteiger partial charge in [0.05, 0.1) is 17.7 Å². The fourth-order valence-electron chi connectivity index (χ4n) is 2.99. The lowest BCUT2D eigenvalue weighted by atomic mass is 10.1. The van der Waals surface area contributed by atoms with Gasteiger partial charge >= 0.3 is 23.9 Å². The molecule has 0 spiro atoms. The molecule has 0 aliphatic carbocycles. The number of esters is 3. The molecular weight excluding hydrogens is 440 g/mol. The van der Waals surface area contributed by atoms with Gasteiger partial charge in [0, 0.05) is 0 Å². The highest BCUT2D eigenvalue weighted by atomic mass is 16.6. The Kier molecular flexibility index (Phi) is 8.12. The molecule has 0 bridgehead atoms. The monoisotopic (exact) mass is 462 g/mol. The number of carbonyl (C=O) groups is 4. The molecule has 0 amide bonds. The van der Waals surface area contributed by atoms with Crippen molar-refractivity contribution in [2.75, 3.05) is 6.61 Å². The lowest BCUT2D eigenvalue weighted by Gasteiger charge is -2.12. The van der Waals surface area contributed by atoms with Crippen LogP contribution in [0.15, 0.2) is 72.8 Å². The van der Waals surface area contributed by atoms with Crippen LogP contribution in [-0.2, 0) is 4.74 Å². The van der Waals surface area contributed by atoms with E-state index >= 15 is 0 Å². The number of carboxylic acid groups (broad SMARTS) is 1.